The number of rotatable bonds is 2. The van der Waals surface area contributed by atoms with Crippen LogP contribution in [0.15, 0.2) is 0 Å². The number of amides is 1. The molecule has 0 aromatic heterocycles. The van der Waals surface area contributed by atoms with Gasteiger partial charge in [-0.15, -0.1) is 0 Å². The highest BCUT2D eigenvalue weighted by molar-refractivity contribution is 5.81. The number of fused-ring (bicyclic) bond motifs is 2. The standard InChI is InChI=1S/C13H23N3O/c1-14-13(17)12-8-15-4-5-16(12)11-7-9-2-3-10(11)6-9/h9-12,15H,2-8H2,1H3,(H,14,17). The normalized spacial score (nSPS) is 41.7. The summed E-state index contributed by atoms with van der Waals surface area (Å²) in [5.74, 6) is 2.00. The highest BCUT2D eigenvalue weighted by atomic mass is 16.2. The highest BCUT2D eigenvalue weighted by Gasteiger charge is 2.45. The van der Waals surface area contributed by atoms with Gasteiger partial charge < -0.3 is 10.6 Å². The molecule has 0 radical (unpaired) electrons. The van der Waals surface area contributed by atoms with Crippen molar-refractivity contribution in [3.63, 3.8) is 0 Å². The molecule has 3 fully saturated rings. The van der Waals surface area contributed by atoms with E-state index in [4.69, 9.17) is 0 Å². The maximum absolute atomic E-state index is 11.9. The van der Waals surface area contributed by atoms with Crippen molar-refractivity contribution >= 4 is 5.91 Å². The van der Waals surface area contributed by atoms with Crippen LogP contribution >= 0.6 is 0 Å². The SMILES string of the molecule is CNC(=O)C1CNCCN1C1CC2CCC1C2. The minimum absolute atomic E-state index is 0.0538. The number of carbonyl (C=O) groups is 1. The number of hydrogen-bond acceptors (Lipinski definition) is 3. The Morgan fingerprint density at radius 1 is 1.35 bits per heavy atom. The van der Waals surface area contributed by atoms with Crippen molar-refractivity contribution in [2.45, 2.75) is 37.8 Å². The van der Waals surface area contributed by atoms with Crippen LogP contribution in [0.3, 0.4) is 0 Å². The third-order valence-corrected chi connectivity index (χ3v) is 4.96. The van der Waals surface area contributed by atoms with E-state index in [0.29, 0.717) is 6.04 Å². The fraction of sp³-hybridized carbons (Fsp3) is 0.923. The Labute approximate surface area is 103 Å². The summed E-state index contributed by atoms with van der Waals surface area (Å²) in [5.41, 5.74) is 0. The van der Waals surface area contributed by atoms with E-state index < -0.39 is 0 Å². The fourth-order valence-corrected chi connectivity index (χ4v) is 4.14. The van der Waals surface area contributed by atoms with E-state index in [1.807, 2.05) is 0 Å². The lowest BCUT2D eigenvalue weighted by Crippen LogP contribution is -2.61. The van der Waals surface area contributed by atoms with Gasteiger partial charge in [-0.1, -0.05) is 6.42 Å². The predicted molar refractivity (Wildman–Crippen MR) is 66.7 cm³/mol. The monoisotopic (exact) mass is 237 g/mol. The average Bonchev–Trinajstić information content (AvgIpc) is 3.00. The van der Waals surface area contributed by atoms with E-state index in [0.717, 1.165) is 31.5 Å². The van der Waals surface area contributed by atoms with Gasteiger partial charge in [-0.25, -0.2) is 0 Å². The van der Waals surface area contributed by atoms with Crippen LogP contribution in [-0.4, -0.2) is 49.6 Å². The van der Waals surface area contributed by atoms with E-state index >= 15 is 0 Å². The molecule has 4 nitrogen and oxygen atoms in total. The van der Waals surface area contributed by atoms with Crippen molar-refractivity contribution in [3.05, 3.63) is 0 Å². The second-order valence-corrected chi connectivity index (χ2v) is 5.81. The molecule has 96 valence electrons. The van der Waals surface area contributed by atoms with Gasteiger partial charge in [0, 0.05) is 32.7 Å². The molecule has 2 saturated carbocycles. The molecular formula is C13H23N3O. The van der Waals surface area contributed by atoms with Gasteiger partial charge in [0.15, 0.2) is 0 Å². The van der Waals surface area contributed by atoms with E-state index in [-0.39, 0.29) is 11.9 Å². The Kier molecular flexibility index (Phi) is 3.09. The van der Waals surface area contributed by atoms with Crippen LogP contribution in [0.2, 0.25) is 0 Å². The molecule has 2 N–H and O–H groups in total. The van der Waals surface area contributed by atoms with Crippen LogP contribution in [0.1, 0.15) is 25.7 Å². The molecule has 1 heterocycles. The van der Waals surface area contributed by atoms with E-state index in [1.54, 1.807) is 7.05 Å². The zero-order chi connectivity index (χ0) is 11.8. The summed E-state index contributed by atoms with van der Waals surface area (Å²) in [6, 6.07) is 0.733. The van der Waals surface area contributed by atoms with Crippen molar-refractivity contribution in [1.29, 1.82) is 0 Å². The molecule has 4 heteroatoms. The molecule has 1 saturated heterocycles. The summed E-state index contributed by atoms with van der Waals surface area (Å²) in [6.07, 6.45) is 5.56. The zero-order valence-electron chi connectivity index (χ0n) is 10.6. The topological polar surface area (TPSA) is 44.4 Å². The quantitative estimate of drug-likeness (QED) is 0.721. The Morgan fingerprint density at radius 2 is 2.24 bits per heavy atom. The molecule has 2 aliphatic carbocycles. The van der Waals surface area contributed by atoms with Gasteiger partial charge in [-0.2, -0.15) is 0 Å². The van der Waals surface area contributed by atoms with Crippen LogP contribution in [-0.2, 0) is 4.79 Å². The van der Waals surface area contributed by atoms with Gasteiger partial charge in [0.1, 0.15) is 6.04 Å². The lowest BCUT2D eigenvalue weighted by Gasteiger charge is -2.42. The van der Waals surface area contributed by atoms with Gasteiger partial charge in [-0.3, -0.25) is 9.69 Å². The Bertz CT molecular complexity index is 307. The molecule has 3 rings (SSSR count). The van der Waals surface area contributed by atoms with E-state index in [2.05, 4.69) is 15.5 Å². The van der Waals surface area contributed by atoms with Crippen molar-refractivity contribution in [3.8, 4) is 0 Å². The molecule has 4 atom stereocenters. The van der Waals surface area contributed by atoms with Crippen LogP contribution in [0.4, 0.5) is 0 Å². The van der Waals surface area contributed by atoms with Crippen LogP contribution in [0.25, 0.3) is 0 Å². The highest BCUT2D eigenvalue weighted by Crippen LogP contribution is 2.47. The fourth-order valence-electron chi connectivity index (χ4n) is 4.14. The van der Waals surface area contributed by atoms with Crippen LogP contribution in [0.5, 0.6) is 0 Å². The smallest absolute Gasteiger partial charge is 0.238 e. The summed E-state index contributed by atoms with van der Waals surface area (Å²) in [7, 11) is 1.75. The van der Waals surface area contributed by atoms with Crippen molar-refractivity contribution in [1.82, 2.24) is 15.5 Å². The van der Waals surface area contributed by atoms with Gasteiger partial charge in [0.05, 0.1) is 0 Å². The third-order valence-electron chi connectivity index (χ3n) is 4.96. The number of nitrogens with one attached hydrogen (secondary N) is 2. The average molecular weight is 237 g/mol. The van der Waals surface area contributed by atoms with Crippen molar-refractivity contribution in [2.75, 3.05) is 26.7 Å². The first kappa shape index (κ1) is 11.5. The number of likely N-dealkylation sites (N-methyl/N-ethyl adjacent to an activating group) is 1. The van der Waals surface area contributed by atoms with Crippen LogP contribution < -0.4 is 10.6 Å². The molecule has 0 spiro atoms. The molecular weight excluding hydrogens is 214 g/mol. The molecule has 4 unspecified atom stereocenters. The van der Waals surface area contributed by atoms with Crippen molar-refractivity contribution < 1.29 is 4.79 Å². The second kappa shape index (κ2) is 4.58. The Morgan fingerprint density at radius 3 is 2.88 bits per heavy atom. The predicted octanol–water partition coefficient (Wildman–Crippen LogP) is 0.195. The number of hydrogen-bond donors (Lipinski definition) is 2. The van der Waals surface area contributed by atoms with Gasteiger partial charge in [0.25, 0.3) is 0 Å². The maximum Gasteiger partial charge on any atom is 0.238 e. The van der Waals surface area contributed by atoms with E-state index in [9.17, 15) is 4.79 Å². The number of piperazine rings is 1. The Balaban J connectivity index is 1.73. The number of carbonyl (C=O) groups excluding carboxylic acids is 1. The third kappa shape index (κ3) is 1.97. The maximum atomic E-state index is 11.9. The first-order chi connectivity index (χ1) is 8.29. The second-order valence-electron chi connectivity index (χ2n) is 5.81. The summed E-state index contributed by atoms with van der Waals surface area (Å²) in [4.78, 5) is 14.4. The zero-order valence-corrected chi connectivity index (χ0v) is 10.6. The first-order valence-electron chi connectivity index (χ1n) is 6.97. The molecule has 1 amide bonds. The minimum atomic E-state index is 0.0538. The van der Waals surface area contributed by atoms with Gasteiger partial charge >= 0.3 is 0 Å². The van der Waals surface area contributed by atoms with Gasteiger partial charge in [0.2, 0.25) is 5.91 Å². The van der Waals surface area contributed by atoms with Gasteiger partial charge in [-0.05, 0) is 31.1 Å². The molecule has 0 aromatic rings. The summed E-state index contributed by atoms with van der Waals surface area (Å²) in [5, 5.41) is 6.16. The first-order valence-corrected chi connectivity index (χ1v) is 6.97. The summed E-state index contributed by atoms with van der Waals surface area (Å²) >= 11 is 0. The lowest BCUT2D eigenvalue weighted by atomic mass is 9.92. The van der Waals surface area contributed by atoms with E-state index in [1.165, 1.54) is 25.7 Å². The molecule has 3 aliphatic rings. The van der Waals surface area contributed by atoms with Crippen molar-refractivity contribution in [2.24, 2.45) is 11.8 Å². The lowest BCUT2D eigenvalue weighted by molar-refractivity contribution is -0.128. The molecule has 0 aromatic carbocycles. The summed E-state index contributed by atoms with van der Waals surface area (Å²) in [6.45, 7) is 2.88. The Hall–Kier alpha value is -0.610. The minimum Gasteiger partial charge on any atom is -0.358 e. The van der Waals surface area contributed by atoms with Crippen LogP contribution in [0, 0.1) is 11.8 Å². The largest absolute Gasteiger partial charge is 0.358 e. The molecule has 2 bridgehead atoms. The molecule has 1 aliphatic heterocycles. The molecule has 17 heavy (non-hydrogen) atoms. The number of nitrogens with zero attached hydrogens (tertiary/aromatic N) is 1. The summed E-state index contributed by atoms with van der Waals surface area (Å²) < 4.78 is 0.